The van der Waals surface area contributed by atoms with Gasteiger partial charge in [0.15, 0.2) is 0 Å². The Morgan fingerprint density at radius 3 is 2.53 bits per heavy atom. The van der Waals surface area contributed by atoms with Crippen LogP contribution >= 0.6 is 11.8 Å². The van der Waals surface area contributed by atoms with Gasteiger partial charge in [-0.05, 0) is 44.2 Å². The third kappa shape index (κ3) is 6.05. The van der Waals surface area contributed by atoms with E-state index >= 15 is 0 Å². The van der Waals surface area contributed by atoms with Crippen molar-refractivity contribution >= 4 is 17.7 Å². The molecular formula is C11H23NO2S. The van der Waals surface area contributed by atoms with Crippen molar-refractivity contribution in [2.24, 2.45) is 0 Å². The van der Waals surface area contributed by atoms with Gasteiger partial charge in [0.05, 0.1) is 0 Å². The Morgan fingerprint density at radius 1 is 1.40 bits per heavy atom. The third-order valence-electron chi connectivity index (χ3n) is 2.35. The summed E-state index contributed by atoms with van der Waals surface area (Å²) in [6, 6.07) is 0. The van der Waals surface area contributed by atoms with Crippen LogP contribution in [0.25, 0.3) is 0 Å². The maximum atomic E-state index is 11.1. The molecule has 0 saturated carbocycles. The normalized spacial score (nSPS) is 14.9. The highest BCUT2D eigenvalue weighted by Crippen LogP contribution is 2.15. The van der Waals surface area contributed by atoms with Crippen molar-refractivity contribution in [2.75, 3.05) is 18.1 Å². The lowest BCUT2D eigenvalue weighted by molar-refractivity contribution is -0.144. The predicted molar refractivity (Wildman–Crippen MR) is 66.6 cm³/mol. The maximum Gasteiger partial charge on any atom is 0.323 e. The van der Waals surface area contributed by atoms with E-state index in [1.165, 1.54) is 12.2 Å². The molecule has 0 saturated heterocycles. The van der Waals surface area contributed by atoms with Crippen LogP contribution in [0.4, 0.5) is 0 Å². The largest absolute Gasteiger partial charge is 0.480 e. The first kappa shape index (κ1) is 14.8. The third-order valence-corrected chi connectivity index (χ3v) is 3.63. The molecule has 0 aliphatic carbocycles. The number of carbonyl (C=O) groups is 1. The molecule has 0 radical (unpaired) electrons. The maximum absolute atomic E-state index is 11.1. The van der Waals surface area contributed by atoms with Crippen LogP contribution < -0.4 is 5.32 Å². The fourth-order valence-corrected chi connectivity index (χ4v) is 2.28. The molecule has 1 unspecified atom stereocenters. The summed E-state index contributed by atoms with van der Waals surface area (Å²) in [5.74, 6) is 1.48. The average Bonchev–Trinajstić information content (AvgIpc) is 2.18. The van der Waals surface area contributed by atoms with Crippen molar-refractivity contribution in [2.45, 2.75) is 45.6 Å². The number of hydrogen-bond donors (Lipinski definition) is 2. The Hall–Kier alpha value is -0.220. The second-order valence-electron chi connectivity index (χ2n) is 3.88. The van der Waals surface area contributed by atoms with Crippen LogP contribution in [0.1, 0.15) is 40.0 Å². The molecule has 4 heteroatoms. The molecule has 0 aromatic heterocycles. The van der Waals surface area contributed by atoms with Gasteiger partial charge in [0, 0.05) is 0 Å². The minimum atomic E-state index is -0.748. The van der Waals surface area contributed by atoms with Crippen LogP contribution in [0.5, 0.6) is 0 Å². The van der Waals surface area contributed by atoms with Gasteiger partial charge in [0.25, 0.3) is 0 Å². The van der Waals surface area contributed by atoms with Crippen molar-refractivity contribution in [3.8, 4) is 0 Å². The smallest absolute Gasteiger partial charge is 0.323 e. The minimum Gasteiger partial charge on any atom is -0.480 e. The van der Waals surface area contributed by atoms with Crippen molar-refractivity contribution in [1.29, 1.82) is 0 Å². The molecule has 0 spiro atoms. The van der Waals surface area contributed by atoms with E-state index in [-0.39, 0.29) is 0 Å². The second kappa shape index (κ2) is 7.99. The fourth-order valence-electron chi connectivity index (χ4n) is 1.44. The van der Waals surface area contributed by atoms with Crippen LogP contribution in [-0.2, 0) is 4.79 Å². The van der Waals surface area contributed by atoms with Crippen LogP contribution in [0.15, 0.2) is 0 Å². The molecule has 0 rings (SSSR count). The Labute approximate surface area is 97.0 Å². The number of carboxylic acids is 1. The molecule has 0 aliphatic heterocycles. The van der Waals surface area contributed by atoms with E-state index < -0.39 is 11.5 Å². The number of carboxylic acid groups (broad SMARTS) is 1. The molecule has 90 valence electrons. The van der Waals surface area contributed by atoms with Gasteiger partial charge in [-0.25, -0.2) is 0 Å². The molecule has 0 aliphatic rings. The standard InChI is InChI=1S/C11H23NO2S/c1-4-8-15-9-6-7-11(3,10(13)14)12-5-2/h12H,4-9H2,1-3H3,(H,13,14). The number of likely N-dealkylation sites (N-methyl/N-ethyl adjacent to an activating group) is 1. The van der Waals surface area contributed by atoms with Crippen LogP contribution in [0.2, 0.25) is 0 Å². The Bertz CT molecular complexity index is 187. The van der Waals surface area contributed by atoms with E-state index in [0.29, 0.717) is 13.0 Å². The molecule has 15 heavy (non-hydrogen) atoms. The van der Waals surface area contributed by atoms with Crippen LogP contribution in [0, 0.1) is 0 Å². The SMILES string of the molecule is CCCSCCCC(C)(NCC)C(=O)O. The first-order valence-electron chi connectivity index (χ1n) is 5.63. The number of nitrogens with one attached hydrogen (secondary N) is 1. The number of rotatable bonds is 9. The molecule has 0 aromatic carbocycles. The number of thioether (sulfide) groups is 1. The first-order chi connectivity index (χ1) is 7.06. The molecule has 0 bridgehead atoms. The summed E-state index contributed by atoms with van der Waals surface area (Å²) in [6.45, 7) is 6.56. The molecule has 2 N–H and O–H groups in total. The van der Waals surface area contributed by atoms with Gasteiger partial charge in [-0.3, -0.25) is 4.79 Å². The zero-order valence-corrected chi connectivity index (χ0v) is 10.8. The Morgan fingerprint density at radius 2 is 2.07 bits per heavy atom. The van der Waals surface area contributed by atoms with E-state index in [9.17, 15) is 4.79 Å². The summed E-state index contributed by atoms with van der Waals surface area (Å²) in [6.07, 6.45) is 2.85. The fraction of sp³-hybridized carbons (Fsp3) is 0.909. The van der Waals surface area contributed by atoms with E-state index in [1.54, 1.807) is 6.92 Å². The Kier molecular flexibility index (Phi) is 7.88. The predicted octanol–water partition coefficient (Wildman–Crippen LogP) is 2.36. The van der Waals surface area contributed by atoms with Gasteiger partial charge in [-0.2, -0.15) is 11.8 Å². The van der Waals surface area contributed by atoms with Gasteiger partial charge in [-0.1, -0.05) is 13.8 Å². The summed E-state index contributed by atoms with van der Waals surface area (Å²) in [5, 5.41) is 12.1. The van der Waals surface area contributed by atoms with Crippen molar-refractivity contribution in [1.82, 2.24) is 5.32 Å². The summed E-state index contributed by atoms with van der Waals surface area (Å²) in [5.41, 5.74) is -0.748. The van der Waals surface area contributed by atoms with Crippen LogP contribution in [-0.4, -0.2) is 34.7 Å². The van der Waals surface area contributed by atoms with Gasteiger partial charge in [0.1, 0.15) is 5.54 Å². The summed E-state index contributed by atoms with van der Waals surface area (Å²) in [4.78, 5) is 11.1. The zero-order chi connectivity index (χ0) is 11.7. The summed E-state index contributed by atoms with van der Waals surface area (Å²) in [7, 11) is 0. The molecule has 3 nitrogen and oxygen atoms in total. The van der Waals surface area contributed by atoms with Crippen molar-refractivity contribution in [3.05, 3.63) is 0 Å². The van der Waals surface area contributed by atoms with Crippen molar-refractivity contribution in [3.63, 3.8) is 0 Å². The summed E-state index contributed by atoms with van der Waals surface area (Å²) < 4.78 is 0. The lowest BCUT2D eigenvalue weighted by Gasteiger charge is -2.25. The molecule has 0 heterocycles. The minimum absolute atomic E-state index is 0.699. The summed E-state index contributed by atoms with van der Waals surface area (Å²) >= 11 is 1.90. The van der Waals surface area contributed by atoms with Gasteiger partial charge in [0.2, 0.25) is 0 Å². The van der Waals surface area contributed by atoms with Crippen molar-refractivity contribution < 1.29 is 9.90 Å². The highest BCUT2D eigenvalue weighted by molar-refractivity contribution is 7.99. The molecule has 0 aromatic rings. The molecule has 1 atom stereocenters. The lowest BCUT2D eigenvalue weighted by Crippen LogP contribution is -2.49. The Balaban J connectivity index is 3.81. The molecular weight excluding hydrogens is 210 g/mol. The van der Waals surface area contributed by atoms with E-state index in [4.69, 9.17) is 5.11 Å². The monoisotopic (exact) mass is 233 g/mol. The topological polar surface area (TPSA) is 49.3 Å². The average molecular weight is 233 g/mol. The van der Waals surface area contributed by atoms with Gasteiger partial charge in [-0.15, -0.1) is 0 Å². The van der Waals surface area contributed by atoms with Gasteiger partial charge < -0.3 is 10.4 Å². The van der Waals surface area contributed by atoms with E-state index in [0.717, 1.165) is 12.2 Å². The van der Waals surface area contributed by atoms with Crippen LogP contribution in [0.3, 0.4) is 0 Å². The highest BCUT2D eigenvalue weighted by Gasteiger charge is 2.30. The second-order valence-corrected chi connectivity index (χ2v) is 5.11. The number of hydrogen-bond acceptors (Lipinski definition) is 3. The molecule has 0 fully saturated rings. The quantitative estimate of drug-likeness (QED) is 0.600. The molecule has 0 amide bonds. The van der Waals surface area contributed by atoms with E-state index in [1.807, 2.05) is 18.7 Å². The highest BCUT2D eigenvalue weighted by atomic mass is 32.2. The van der Waals surface area contributed by atoms with E-state index in [2.05, 4.69) is 12.2 Å². The zero-order valence-electron chi connectivity index (χ0n) is 10.0. The first-order valence-corrected chi connectivity index (χ1v) is 6.78. The van der Waals surface area contributed by atoms with Gasteiger partial charge >= 0.3 is 5.97 Å². The number of aliphatic carboxylic acids is 1. The lowest BCUT2D eigenvalue weighted by atomic mass is 9.96.